The molecular formula is C20H20ClNO4. The average Bonchev–Trinajstić information content (AvgIpc) is 3.19. The van der Waals surface area contributed by atoms with Gasteiger partial charge in [-0.1, -0.05) is 23.7 Å². The maximum atomic E-state index is 12.4. The fourth-order valence-corrected chi connectivity index (χ4v) is 3.79. The van der Waals surface area contributed by atoms with Crippen LogP contribution in [0.5, 0.6) is 11.5 Å². The number of carbonyl (C=O) groups excluding carboxylic acids is 1. The molecule has 0 spiro atoms. The van der Waals surface area contributed by atoms with Gasteiger partial charge in [-0.05, 0) is 36.4 Å². The third kappa shape index (κ3) is 3.02. The maximum absolute atomic E-state index is 12.4. The zero-order valence-corrected chi connectivity index (χ0v) is 15.2. The number of hydrogen-bond donors (Lipinski definition) is 0. The Morgan fingerprint density at radius 1 is 1.15 bits per heavy atom. The molecule has 2 saturated heterocycles. The fraction of sp³-hybridized carbons (Fsp3) is 0.350. The standard InChI is InChI=1S/C20H20ClNO4/c1-24-16-6-2-14(3-7-16)20-11-10-19(23)22(20)12-18(26-20)13-25-17-8-4-15(21)5-9-17/h2-9,18H,10-13H2,1H3/t18-,20-/m1/s1. The number of rotatable bonds is 5. The van der Waals surface area contributed by atoms with Crippen molar-refractivity contribution in [2.45, 2.75) is 24.7 Å². The van der Waals surface area contributed by atoms with E-state index in [0.29, 0.717) is 31.0 Å². The summed E-state index contributed by atoms with van der Waals surface area (Å²) >= 11 is 5.89. The zero-order chi connectivity index (χ0) is 18.1. The Bertz CT molecular complexity index is 792. The molecule has 2 heterocycles. The first-order valence-electron chi connectivity index (χ1n) is 8.62. The maximum Gasteiger partial charge on any atom is 0.225 e. The van der Waals surface area contributed by atoms with Crippen LogP contribution in [0.4, 0.5) is 0 Å². The monoisotopic (exact) mass is 373 g/mol. The van der Waals surface area contributed by atoms with Gasteiger partial charge >= 0.3 is 0 Å². The SMILES string of the molecule is COc1ccc([C@]23CCC(=O)N2C[C@H](COc2ccc(Cl)cc2)O3)cc1. The van der Waals surface area contributed by atoms with Crippen LogP contribution in [0, 0.1) is 0 Å². The van der Waals surface area contributed by atoms with E-state index in [1.165, 1.54) is 0 Å². The van der Waals surface area contributed by atoms with Crippen molar-refractivity contribution in [1.29, 1.82) is 0 Å². The number of halogens is 1. The van der Waals surface area contributed by atoms with Crippen LogP contribution in [0.25, 0.3) is 0 Å². The molecule has 1 amide bonds. The predicted octanol–water partition coefficient (Wildman–Crippen LogP) is 3.60. The lowest BCUT2D eigenvalue weighted by atomic mass is 10.0. The van der Waals surface area contributed by atoms with Gasteiger partial charge in [0.15, 0.2) is 5.72 Å². The summed E-state index contributed by atoms with van der Waals surface area (Å²) in [4.78, 5) is 14.2. The molecule has 2 aromatic rings. The first-order chi connectivity index (χ1) is 12.6. The molecule has 2 aliphatic rings. The number of methoxy groups -OCH3 is 1. The molecule has 2 fully saturated rings. The van der Waals surface area contributed by atoms with Gasteiger partial charge in [-0.2, -0.15) is 0 Å². The second kappa shape index (κ2) is 6.82. The Kier molecular flexibility index (Phi) is 4.51. The molecule has 0 aromatic heterocycles. The molecular weight excluding hydrogens is 354 g/mol. The summed E-state index contributed by atoms with van der Waals surface area (Å²) in [6, 6.07) is 14.9. The Hall–Kier alpha value is -2.24. The van der Waals surface area contributed by atoms with Crippen molar-refractivity contribution in [2.75, 3.05) is 20.3 Å². The van der Waals surface area contributed by atoms with E-state index in [0.717, 1.165) is 17.1 Å². The van der Waals surface area contributed by atoms with E-state index in [4.69, 9.17) is 25.8 Å². The third-order valence-corrected chi connectivity index (χ3v) is 5.21. The van der Waals surface area contributed by atoms with Crippen molar-refractivity contribution in [3.05, 3.63) is 59.1 Å². The topological polar surface area (TPSA) is 48.0 Å². The number of ether oxygens (including phenoxy) is 3. The lowest BCUT2D eigenvalue weighted by Gasteiger charge is -2.31. The molecule has 5 nitrogen and oxygen atoms in total. The van der Waals surface area contributed by atoms with Crippen molar-refractivity contribution in [3.8, 4) is 11.5 Å². The summed E-state index contributed by atoms with van der Waals surface area (Å²) in [5.41, 5.74) is 0.273. The summed E-state index contributed by atoms with van der Waals surface area (Å²) in [7, 11) is 1.63. The van der Waals surface area contributed by atoms with Crippen LogP contribution in [0.2, 0.25) is 5.02 Å². The van der Waals surface area contributed by atoms with Crippen molar-refractivity contribution in [2.24, 2.45) is 0 Å². The highest BCUT2D eigenvalue weighted by atomic mass is 35.5. The van der Waals surface area contributed by atoms with Crippen LogP contribution in [-0.4, -0.2) is 37.2 Å². The van der Waals surface area contributed by atoms with Crippen LogP contribution in [0.1, 0.15) is 18.4 Å². The van der Waals surface area contributed by atoms with Crippen LogP contribution >= 0.6 is 11.6 Å². The molecule has 26 heavy (non-hydrogen) atoms. The fourth-order valence-electron chi connectivity index (χ4n) is 3.66. The minimum Gasteiger partial charge on any atom is -0.497 e. The number of benzene rings is 2. The van der Waals surface area contributed by atoms with Crippen molar-refractivity contribution < 1.29 is 19.0 Å². The molecule has 136 valence electrons. The molecule has 0 N–H and O–H groups in total. The smallest absolute Gasteiger partial charge is 0.225 e. The van der Waals surface area contributed by atoms with Gasteiger partial charge in [0.2, 0.25) is 5.91 Å². The molecule has 0 radical (unpaired) electrons. The van der Waals surface area contributed by atoms with Crippen molar-refractivity contribution in [3.63, 3.8) is 0 Å². The summed E-state index contributed by atoms with van der Waals surface area (Å²) in [5, 5.41) is 0.666. The second-order valence-electron chi connectivity index (χ2n) is 6.52. The van der Waals surface area contributed by atoms with Crippen molar-refractivity contribution >= 4 is 17.5 Å². The Morgan fingerprint density at radius 2 is 1.85 bits per heavy atom. The van der Waals surface area contributed by atoms with Crippen LogP contribution in [0.15, 0.2) is 48.5 Å². The average molecular weight is 374 g/mol. The Morgan fingerprint density at radius 3 is 2.54 bits per heavy atom. The van der Waals surface area contributed by atoms with Gasteiger partial charge in [0, 0.05) is 23.4 Å². The van der Waals surface area contributed by atoms with E-state index in [1.54, 1.807) is 19.2 Å². The van der Waals surface area contributed by atoms with Gasteiger partial charge in [0.25, 0.3) is 0 Å². The van der Waals surface area contributed by atoms with Crippen molar-refractivity contribution in [1.82, 2.24) is 4.90 Å². The zero-order valence-electron chi connectivity index (χ0n) is 14.5. The lowest BCUT2D eigenvalue weighted by molar-refractivity contribution is -0.140. The van der Waals surface area contributed by atoms with Gasteiger partial charge in [-0.3, -0.25) is 4.79 Å². The predicted molar refractivity (Wildman–Crippen MR) is 97.4 cm³/mol. The first-order valence-corrected chi connectivity index (χ1v) is 9.00. The molecule has 2 aromatic carbocycles. The minimum absolute atomic E-state index is 0.120. The highest BCUT2D eigenvalue weighted by Gasteiger charge is 2.54. The Labute approximate surface area is 157 Å². The largest absolute Gasteiger partial charge is 0.497 e. The summed E-state index contributed by atoms with van der Waals surface area (Å²) in [5.74, 6) is 1.63. The molecule has 4 rings (SSSR count). The van der Waals surface area contributed by atoms with Gasteiger partial charge in [-0.25, -0.2) is 0 Å². The lowest BCUT2D eigenvalue weighted by Crippen LogP contribution is -2.38. The molecule has 0 bridgehead atoms. The molecule has 0 unspecified atom stereocenters. The third-order valence-electron chi connectivity index (χ3n) is 4.95. The van der Waals surface area contributed by atoms with Gasteiger partial charge < -0.3 is 19.1 Å². The van der Waals surface area contributed by atoms with Crippen LogP contribution in [0.3, 0.4) is 0 Å². The summed E-state index contributed by atoms with van der Waals surface area (Å²) < 4.78 is 17.4. The summed E-state index contributed by atoms with van der Waals surface area (Å²) in [6.07, 6.45) is 0.962. The van der Waals surface area contributed by atoms with Gasteiger partial charge in [-0.15, -0.1) is 0 Å². The molecule has 0 aliphatic carbocycles. The minimum atomic E-state index is -0.697. The number of hydrogen-bond acceptors (Lipinski definition) is 4. The van der Waals surface area contributed by atoms with Gasteiger partial charge in [0.05, 0.1) is 13.7 Å². The number of amides is 1. The molecule has 2 aliphatic heterocycles. The number of nitrogens with zero attached hydrogens (tertiary/aromatic N) is 1. The first kappa shape index (κ1) is 17.2. The number of carbonyl (C=O) groups is 1. The molecule has 6 heteroatoms. The molecule has 0 saturated carbocycles. The second-order valence-corrected chi connectivity index (χ2v) is 6.96. The van der Waals surface area contributed by atoms with Crippen LogP contribution < -0.4 is 9.47 Å². The van der Waals surface area contributed by atoms with E-state index in [2.05, 4.69) is 0 Å². The summed E-state index contributed by atoms with van der Waals surface area (Å²) in [6.45, 7) is 0.905. The highest BCUT2D eigenvalue weighted by molar-refractivity contribution is 6.30. The number of fused-ring (bicyclic) bond motifs is 1. The highest BCUT2D eigenvalue weighted by Crippen LogP contribution is 2.46. The van der Waals surface area contributed by atoms with E-state index >= 15 is 0 Å². The Balaban J connectivity index is 1.51. The quantitative estimate of drug-likeness (QED) is 0.803. The van der Waals surface area contributed by atoms with E-state index in [-0.39, 0.29) is 12.0 Å². The van der Waals surface area contributed by atoms with E-state index in [1.807, 2.05) is 41.3 Å². The normalized spacial score (nSPS) is 24.6. The van der Waals surface area contributed by atoms with E-state index in [9.17, 15) is 4.79 Å². The van der Waals surface area contributed by atoms with Gasteiger partial charge in [0.1, 0.15) is 24.2 Å². The van der Waals surface area contributed by atoms with E-state index < -0.39 is 5.72 Å². The van der Waals surface area contributed by atoms with Crippen LogP contribution in [-0.2, 0) is 15.3 Å². The molecule has 2 atom stereocenters.